The zero-order valence-corrected chi connectivity index (χ0v) is 14.8. The van der Waals surface area contributed by atoms with Crippen LogP contribution in [0, 0.1) is 5.82 Å². The van der Waals surface area contributed by atoms with Crippen LogP contribution < -0.4 is 10.6 Å². The smallest absolute Gasteiger partial charge is 0.171 e. The molecular weight excluding hydrogens is 337 g/mol. The van der Waals surface area contributed by atoms with E-state index in [1.807, 2.05) is 18.2 Å². The van der Waals surface area contributed by atoms with Crippen molar-refractivity contribution in [2.75, 3.05) is 38.2 Å². The fraction of sp³-hybridized carbons (Fsp3) is 0.316. The van der Waals surface area contributed by atoms with E-state index in [9.17, 15) is 4.39 Å². The highest BCUT2D eigenvalue weighted by atomic mass is 32.1. The number of hydrogen-bond donors (Lipinski definition) is 2. The molecule has 0 saturated carbocycles. The van der Waals surface area contributed by atoms with Gasteiger partial charge in [0.15, 0.2) is 5.11 Å². The second-order valence-corrected chi connectivity index (χ2v) is 6.36. The summed E-state index contributed by atoms with van der Waals surface area (Å²) in [5, 5.41) is 6.69. The van der Waals surface area contributed by atoms with Gasteiger partial charge in [-0.25, -0.2) is 4.39 Å². The molecule has 1 aliphatic heterocycles. The molecule has 1 atom stereocenters. The molecule has 1 heterocycles. The number of anilines is 1. The van der Waals surface area contributed by atoms with Gasteiger partial charge in [0.25, 0.3) is 0 Å². The first-order chi connectivity index (χ1) is 12.2. The van der Waals surface area contributed by atoms with Gasteiger partial charge in [-0.15, -0.1) is 0 Å². The molecule has 1 aliphatic rings. The SMILES string of the molecule is Fc1ccccc1NC(=S)N[C@@H](CN1CCOCC1)c1ccccc1. The van der Waals surface area contributed by atoms with Crippen molar-refractivity contribution in [2.24, 2.45) is 0 Å². The second-order valence-electron chi connectivity index (χ2n) is 5.95. The summed E-state index contributed by atoms with van der Waals surface area (Å²) in [7, 11) is 0. The van der Waals surface area contributed by atoms with Crippen LogP contribution >= 0.6 is 12.2 Å². The van der Waals surface area contributed by atoms with Crippen molar-refractivity contribution in [1.29, 1.82) is 0 Å². The fourth-order valence-electron chi connectivity index (χ4n) is 2.84. The third-order valence-corrected chi connectivity index (χ3v) is 4.39. The van der Waals surface area contributed by atoms with E-state index < -0.39 is 0 Å². The average Bonchev–Trinajstić information content (AvgIpc) is 2.65. The van der Waals surface area contributed by atoms with Crippen LogP contribution in [0.3, 0.4) is 0 Å². The molecule has 2 N–H and O–H groups in total. The predicted molar refractivity (Wildman–Crippen MR) is 102 cm³/mol. The van der Waals surface area contributed by atoms with E-state index in [0.29, 0.717) is 10.8 Å². The lowest BCUT2D eigenvalue weighted by molar-refractivity contribution is 0.0344. The fourth-order valence-corrected chi connectivity index (χ4v) is 3.09. The van der Waals surface area contributed by atoms with Crippen molar-refractivity contribution < 1.29 is 9.13 Å². The summed E-state index contributed by atoms with van der Waals surface area (Å²) in [5.41, 5.74) is 1.52. The normalized spacial score (nSPS) is 16.2. The van der Waals surface area contributed by atoms with Gasteiger partial charge >= 0.3 is 0 Å². The molecule has 0 spiro atoms. The van der Waals surface area contributed by atoms with Crippen LogP contribution in [0.2, 0.25) is 0 Å². The lowest BCUT2D eigenvalue weighted by Crippen LogP contribution is -2.44. The first-order valence-corrected chi connectivity index (χ1v) is 8.80. The number of rotatable bonds is 5. The van der Waals surface area contributed by atoms with Gasteiger partial charge in [0, 0.05) is 19.6 Å². The number of thiocarbonyl (C=S) groups is 1. The Morgan fingerprint density at radius 2 is 1.76 bits per heavy atom. The van der Waals surface area contributed by atoms with Gasteiger partial charge in [0.2, 0.25) is 0 Å². The summed E-state index contributed by atoms with van der Waals surface area (Å²) in [6, 6.07) is 16.7. The molecule has 0 aliphatic carbocycles. The Kier molecular flexibility index (Phi) is 6.33. The number of ether oxygens (including phenoxy) is 1. The third kappa shape index (κ3) is 5.22. The summed E-state index contributed by atoms with van der Waals surface area (Å²) in [6.45, 7) is 4.11. The van der Waals surface area contributed by atoms with Gasteiger partial charge in [0.05, 0.1) is 24.9 Å². The quantitative estimate of drug-likeness (QED) is 0.802. The van der Waals surface area contributed by atoms with Crippen molar-refractivity contribution >= 4 is 23.0 Å². The summed E-state index contributed by atoms with van der Waals surface area (Å²) in [5.74, 6) is -0.323. The molecule has 25 heavy (non-hydrogen) atoms. The van der Waals surface area contributed by atoms with Gasteiger partial charge in [-0.2, -0.15) is 0 Å². The van der Waals surface area contributed by atoms with Crippen molar-refractivity contribution in [2.45, 2.75) is 6.04 Å². The van der Waals surface area contributed by atoms with Gasteiger partial charge in [0.1, 0.15) is 5.82 Å². The predicted octanol–water partition coefficient (Wildman–Crippen LogP) is 3.19. The maximum absolute atomic E-state index is 13.8. The number of para-hydroxylation sites is 1. The zero-order chi connectivity index (χ0) is 17.5. The van der Waals surface area contributed by atoms with E-state index in [2.05, 4.69) is 27.7 Å². The highest BCUT2D eigenvalue weighted by Gasteiger charge is 2.19. The van der Waals surface area contributed by atoms with E-state index in [-0.39, 0.29) is 11.9 Å². The highest BCUT2D eigenvalue weighted by Crippen LogP contribution is 2.17. The Labute approximate surface area is 153 Å². The second kappa shape index (κ2) is 8.89. The lowest BCUT2D eigenvalue weighted by Gasteiger charge is -2.31. The van der Waals surface area contributed by atoms with Gasteiger partial charge in [-0.3, -0.25) is 4.90 Å². The van der Waals surface area contributed by atoms with Crippen LogP contribution in [0.4, 0.5) is 10.1 Å². The molecule has 1 saturated heterocycles. The van der Waals surface area contributed by atoms with Crippen molar-refractivity contribution in [1.82, 2.24) is 10.2 Å². The van der Waals surface area contributed by atoms with Crippen molar-refractivity contribution in [3.8, 4) is 0 Å². The van der Waals surface area contributed by atoms with Crippen LogP contribution in [0.1, 0.15) is 11.6 Å². The first kappa shape index (κ1) is 17.8. The molecule has 3 rings (SSSR count). The summed E-state index contributed by atoms with van der Waals surface area (Å²) >= 11 is 5.41. The topological polar surface area (TPSA) is 36.5 Å². The molecule has 132 valence electrons. The molecule has 0 aromatic heterocycles. The van der Waals surface area contributed by atoms with Crippen LogP contribution in [0.5, 0.6) is 0 Å². The van der Waals surface area contributed by atoms with Crippen molar-refractivity contribution in [3.63, 3.8) is 0 Å². The van der Waals surface area contributed by atoms with Gasteiger partial charge in [-0.1, -0.05) is 42.5 Å². The Bertz CT molecular complexity index is 692. The molecule has 0 bridgehead atoms. The summed E-state index contributed by atoms with van der Waals surface area (Å²) in [6.07, 6.45) is 0. The van der Waals surface area contributed by atoms with Crippen molar-refractivity contribution in [3.05, 3.63) is 66.0 Å². The standard InChI is InChI=1S/C19H22FN3OS/c20-16-8-4-5-9-17(16)21-19(25)22-18(15-6-2-1-3-7-15)14-23-10-12-24-13-11-23/h1-9,18H,10-14H2,(H2,21,22,25)/t18-/m0/s1. The van der Waals surface area contributed by atoms with Crippen LogP contribution in [-0.4, -0.2) is 42.9 Å². The molecular formula is C19H22FN3OS. The largest absolute Gasteiger partial charge is 0.379 e. The number of hydrogen-bond acceptors (Lipinski definition) is 3. The van der Waals surface area contributed by atoms with Crippen LogP contribution in [-0.2, 0) is 4.74 Å². The first-order valence-electron chi connectivity index (χ1n) is 8.39. The maximum atomic E-state index is 13.8. The van der Waals surface area contributed by atoms with E-state index in [4.69, 9.17) is 17.0 Å². The minimum Gasteiger partial charge on any atom is -0.379 e. The average molecular weight is 359 g/mol. The number of nitrogens with one attached hydrogen (secondary N) is 2. The maximum Gasteiger partial charge on any atom is 0.171 e. The monoisotopic (exact) mass is 359 g/mol. The Balaban J connectivity index is 1.68. The molecule has 0 amide bonds. The van der Waals surface area contributed by atoms with Gasteiger partial charge < -0.3 is 15.4 Å². The summed E-state index contributed by atoms with van der Waals surface area (Å²) in [4.78, 5) is 2.35. The van der Waals surface area contributed by atoms with Crippen LogP contribution in [0.25, 0.3) is 0 Å². The molecule has 1 fully saturated rings. The molecule has 6 heteroatoms. The van der Waals surface area contributed by atoms with E-state index >= 15 is 0 Å². The number of morpholine rings is 1. The minimum absolute atomic E-state index is 0.0195. The Hall–Kier alpha value is -2.02. The molecule has 4 nitrogen and oxygen atoms in total. The third-order valence-electron chi connectivity index (χ3n) is 4.17. The number of benzene rings is 2. The summed E-state index contributed by atoms with van der Waals surface area (Å²) < 4.78 is 19.2. The minimum atomic E-state index is -0.323. The van der Waals surface area contributed by atoms with Gasteiger partial charge in [-0.05, 0) is 29.9 Å². The van der Waals surface area contributed by atoms with E-state index in [1.54, 1.807) is 18.2 Å². The number of halogens is 1. The Morgan fingerprint density at radius 1 is 1.08 bits per heavy atom. The van der Waals surface area contributed by atoms with E-state index in [1.165, 1.54) is 6.07 Å². The molecule has 2 aromatic rings. The Morgan fingerprint density at radius 3 is 2.48 bits per heavy atom. The zero-order valence-electron chi connectivity index (χ0n) is 14.0. The molecule has 2 aromatic carbocycles. The number of nitrogens with zero attached hydrogens (tertiary/aromatic N) is 1. The molecule has 0 radical (unpaired) electrons. The highest BCUT2D eigenvalue weighted by molar-refractivity contribution is 7.80. The van der Waals surface area contributed by atoms with Crippen LogP contribution in [0.15, 0.2) is 54.6 Å². The molecule has 0 unspecified atom stereocenters. The van der Waals surface area contributed by atoms with E-state index in [0.717, 1.165) is 38.4 Å². The lowest BCUT2D eigenvalue weighted by atomic mass is 10.1.